The van der Waals surface area contributed by atoms with E-state index in [0.29, 0.717) is 25.9 Å². The van der Waals surface area contributed by atoms with Crippen LogP contribution in [0.5, 0.6) is 0 Å². The van der Waals surface area contributed by atoms with E-state index in [1.807, 2.05) is 0 Å². The minimum atomic E-state index is -0.445. The minimum absolute atomic E-state index is 0.181. The maximum Gasteiger partial charge on any atom is 0.215 e. The van der Waals surface area contributed by atoms with Crippen molar-refractivity contribution < 1.29 is 4.39 Å². The highest BCUT2D eigenvalue weighted by atomic mass is 32.2. The predicted octanol–water partition coefficient (Wildman–Crippen LogP) is 1.12. The molecule has 1 aromatic carbocycles. The lowest BCUT2D eigenvalue weighted by Crippen LogP contribution is -1.99. The summed E-state index contributed by atoms with van der Waals surface area (Å²) < 4.78 is 17.1. The van der Waals surface area contributed by atoms with Crippen LogP contribution >= 0.6 is 23.5 Å². The first-order valence-corrected chi connectivity index (χ1v) is 8.52. The highest BCUT2D eigenvalue weighted by Crippen LogP contribution is 2.35. The average molecular weight is 376 g/mol. The van der Waals surface area contributed by atoms with Gasteiger partial charge in [0.25, 0.3) is 0 Å². The van der Waals surface area contributed by atoms with Gasteiger partial charge < -0.3 is 0 Å². The molecular weight excluding hydrogens is 367 g/mol. The zero-order chi connectivity index (χ0) is 17.4. The van der Waals surface area contributed by atoms with Gasteiger partial charge in [-0.3, -0.25) is 0 Å². The van der Waals surface area contributed by atoms with Crippen LogP contribution in [0.1, 0.15) is 0 Å². The van der Waals surface area contributed by atoms with E-state index in [-0.39, 0.29) is 5.52 Å². The van der Waals surface area contributed by atoms with Gasteiger partial charge in [0, 0.05) is 14.1 Å². The van der Waals surface area contributed by atoms with E-state index < -0.39 is 5.82 Å². The van der Waals surface area contributed by atoms with Crippen molar-refractivity contribution in [2.45, 2.75) is 20.4 Å². The molecule has 0 saturated carbocycles. The van der Waals surface area contributed by atoms with Gasteiger partial charge in [-0.25, -0.2) is 23.7 Å². The number of hydrogen-bond donors (Lipinski definition) is 0. The van der Waals surface area contributed by atoms with Crippen molar-refractivity contribution in [3.05, 3.63) is 24.0 Å². The Hall–Kier alpha value is -2.67. The Balaban J connectivity index is 1.84. The number of halogens is 1. The van der Waals surface area contributed by atoms with Crippen LogP contribution in [-0.4, -0.2) is 50.4 Å². The van der Waals surface area contributed by atoms with Gasteiger partial charge in [-0.15, -0.1) is 10.2 Å². The summed E-state index contributed by atoms with van der Waals surface area (Å²) in [7, 11) is 3.42. The van der Waals surface area contributed by atoms with Crippen molar-refractivity contribution in [3.63, 3.8) is 0 Å². The number of hydrogen-bond acceptors (Lipinski definition) is 10. The third-order valence-corrected chi connectivity index (χ3v) is 5.26. The quantitative estimate of drug-likeness (QED) is 0.513. The van der Waals surface area contributed by atoms with Crippen molar-refractivity contribution >= 4 is 34.6 Å². The summed E-state index contributed by atoms with van der Waals surface area (Å²) in [5.41, 5.74) is 0.624. The SMILES string of the molecule is Cn1nnnc1Sc1nc2cccc(F)c2nc1Sc1nnnn1C. The number of aryl methyl sites for hydroxylation is 2. The first-order chi connectivity index (χ1) is 12.1. The average Bonchev–Trinajstić information content (AvgIpc) is 3.18. The zero-order valence-corrected chi connectivity index (χ0v) is 14.5. The van der Waals surface area contributed by atoms with Gasteiger partial charge in [0.1, 0.15) is 15.6 Å². The molecule has 4 aromatic rings. The van der Waals surface area contributed by atoms with Gasteiger partial charge in [-0.1, -0.05) is 6.07 Å². The summed E-state index contributed by atoms with van der Waals surface area (Å²) in [6.07, 6.45) is 0. The number of fused-ring (bicyclic) bond motifs is 1. The van der Waals surface area contributed by atoms with Crippen molar-refractivity contribution in [1.82, 2.24) is 50.4 Å². The molecule has 0 amide bonds. The highest BCUT2D eigenvalue weighted by molar-refractivity contribution is 8.02. The molecule has 126 valence electrons. The molecule has 10 nitrogen and oxygen atoms in total. The highest BCUT2D eigenvalue weighted by Gasteiger charge is 2.18. The molecule has 4 rings (SSSR count). The van der Waals surface area contributed by atoms with Gasteiger partial charge in [-0.2, -0.15) is 0 Å². The molecule has 0 fully saturated rings. The van der Waals surface area contributed by atoms with Crippen LogP contribution in [0, 0.1) is 5.82 Å². The smallest absolute Gasteiger partial charge is 0.215 e. The molecule has 0 spiro atoms. The molecule has 13 heteroatoms. The summed E-state index contributed by atoms with van der Waals surface area (Å²) in [6, 6.07) is 4.63. The molecule has 3 aromatic heterocycles. The van der Waals surface area contributed by atoms with Crippen LogP contribution in [-0.2, 0) is 14.1 Å². The fraction of sp³-hybridized carbons (Fsp3) is 0.167. The molecule has 0 bridgehead atoms. The van der Waals surface area contributed by atoms with E-state index in [1.165, 1.54) is 39.0 Å². The van der Waals surface area contributed by atoms with Crippen LogP contribution < -0.4 is 0 Å². The van der Waals surface area contributed by atoms with Gasteiger partial charge in [0.05, 0.1) is 5.52 Å². The molecule has 0 radical (unpaired) electrons. The lowest BCUT2D eigenvalue weighted by atomic mass is 10.3. The molecule has 0 atom stereocenters. The summed E-state index contributed by atoms with van der Waals surface area (Å²) in [6.45, 7) is 0. The van der Waals surface area contributed by atoms with E-state index in [0.717, 1.165) is 0 Å². The van der Waals surface area contributed by atoms with E-state index in [1.54, 1.807) is 26.2 Å². The van der Waals surface area contributed by atoms with Crippen LogP contribution in [0.3, 0.4) is 0 Å². The second-order valence-corrected chi connectivity index (χ2v) is 6.73. The number of tetrazole rings is 2. The van der Waals surface area contributed by atoms with Crippen molar-refractivity contribution in [2.24, 2.45) is 14.1 Å². The molecule has 0 N–H and O–H groups in total. The fourth-order valence-corrected chi connectivity index (χ4v) is 3.57. The second kappa shape index (κ2) is 6.33. The molecule has 25 heavy (non-hydrogen) atoms. The number of para-hydroxylation sites is 1. The van der Waals surface area contributed by atoms with Crippen LogP contribution in [0.15, 0.2) is 38.6 Å². The van der Waals surface area contributed by atoms with Crippen molar-refractivity contribution in [1.29, 1.82) is 0 Å². The number of aromatic nitrogens is 10. The van der Waals surface area contributed by atoms with E-state index in [9.17, 15) is 4.39 Å². The third-order valence-electron chi connectivity index (χ3n) is 3.12. The lowest BCUT2D eigenvalue weighted by molar-refractivity contribution is 0.634. The topological polar surface area (TPSA) is 113 Å². The molecule has 0 aliphatic carbocycles. The summed E-state index contributed by atoms with van der Waals surface area (Å²) in [5, 5.41) is 24.6. The Labute approximate surface area is 148 Å². The Morgan fingerprint density at radius 2 is 1.48 bits per heavy atom. The Bertz CT molecular complexity index is 1060. The van der Waals surface area contributed by atoms with Crippen LogP contribution in [0.25, 0.3) is 11.0 Å². The van der Waals surface area contributed by atoms with E-state index in [4.69, 9.17) is 0 Å². The summed E-state index contributed by atoms with van der Waals surface area (Å²) >= 11 is 2.41. The molecule has 0 aliphatic rings. The second-order valence-electron chi connectivity index (χ2n) is 4.82. The fourth-order valence-electron chi connectivity index (χ4n) is 1.93. The third kappa shape index (κ3) is 3.02. The molecule has 3 heterocycles. The molecular formula is C12H9FN10S2. The van der Waals surface area contributed by atoms with Crippen molar-refractivity contribution in [2.75, 3.05) is 0 Å². The number of nitrogens with zero attached hydrogens (tertiary/aromatic N) is 10. The standard InChI is InChI=1S/C12H9FN10S2/c1-22-11(16-18-20-22)24-9-10(25-12-17-19-21-23(12)2)15-8-6(13)4-3-5-7(8)14-9/h3-5H,1-2H3. The normalized spacial score (nSPS) is 11.3. The lowest BCUT2D eigenvalue weighted by Gasteiger charge is -2.08. The van der Waals surface area contributed by atoms with Gasteiger partial charge in [-0.05, 0) is 56.5 Å². The van der Waals surface area contributed by atoms with Crippen LogP contribution in [0.4, 0.5) is 4.39 Å². The van der Waals surface area contributed by atoms with E-state index in [2.05, 4.69) is 41.0 Å². The number of benzene rings is 1. The van der Waals surface area contributed by atoms with Gasteiger partial charge in [0.2, 0.25) is 10.3 Å². The molecule has 0 aliphatic heterocycles. The molecule has 0 unspecified atom stereocenters. The molecule has 0 saturated heterocycles. The van der Waals surface area contributed by atoms with Crippen LogP contribution in [0.2, 0.25) is 0 Å². The first kappa shape index (κ1) is 15.8. The van der Waals surface area contributed by atoms with Crippen molar-refractivity contribution in [3.8, 4) is 0 Å². The maximum atomic E-state index is 14.1. The zero-order valence-electron chi connectivity index (χ0n) is 12.9. The Kier molecular flexibility index (Phi) is 4.01. The summed E-state index contributed by atoms with van der Waals surface area (Å²) in [4.78, 5) is 8.93. The summed E-state index contributed by atoms with van der Waals surface area (Å²) in [5.74, 6) is -0.445. The number of rotatable bonds is 4. The maximum absolute atomic E-state index is 14.1. The Morgan fingerprint density at radius 3 is 2.04 bits per heavy atom. The Morgan fingerprint density at radius 1 is 0.880 bits per heavy atom. The van der Waals surface area contributed by atoms with Gasteiger partial charge >= 0.3 is 0 Å². The predicted molar refractivity (Wildman–Crippen MR) is 85.3 cm³/mol. The van der Waals surface area contributed by atoms with Gasteiger partial charge in [0.15, 0.2) is 5.82 Å². The first-order valence-electron chi connectivity index (χ1n) is 6.88. The largest absolute Gasteiger partial charge is 0.236 e. The van der Waals surface area contributed by atoms with E-state index >= 15 is 0 Å². The minimum Gasteiger partial charge on any atom is -0.236 e. The monoisotopic (exact) mass is 376 g/mol.